The second-order valence-corrected chi connectivity index (χ2v) is 5.05. The molecule has 1 aliphatic heterocycles. The first-order valence-electron chi connectivity index (χ1n) is 5.91. The molecule has 0 unspecified atom stereocenters. The molecule has 1 N–H and O–H groups in total. The van der Waals surface area contributed by atoms with Crippen molar-refractivity contribution in [3.05, 3.63) is 23.8 Å². The molecule has 6 nitrogen and oxygen atoms in total. The number of ether oxygens (including phenoxy) is 1. The molecule has 6 heteroatoms. The van der Waals surface area contributed by atoms with Crippen LogP contribution in [-0.2, 0) is 4.79 Å². The van der Waals surface area contributed by atoms with Crippen LogP contribution in [0.1, 0.15) is 26.3 Å². The predicted molar refractivity (Wildman–Crippen MR) is 68.3 cm³/mol. The number of nitrogens with one attached hydrogen (secondary N) is 1. The smallest absolute Gasteiger partial charge is 0.221 e. The second-order valence-electron chi connectivity index (χ2n) is 5.05. The highest BCUT2D eigenvalue weighted by molar-refractivity contribution is 5.90. The number of carbonyl (C=O) groups is 1. The molecule has 0 saturated heterocycles. The monoisotopic (exact) mass is 259 g/mol. The van der Waals surface area contributed by atoms with Gasteiger partial charge in [0.1, 0.15) is 22.4 Å². The van der Waals surface area contributed by atoms with Gasteiger partial charge in [0.2, 0.25) is 5.91 Å². The van der Waals surface area contributed by atoms with E-state index in [-0.39, 0.29) is 5.91 Å². The first-order chi connectivity index (χ1) is 8.94. The van der Waals surface area contributed by atoms with E-state index in [1.165, 1.54) is 6.92 Å². The molecule has 1 aromatic heterocycles. The molecule has 0 saturated carbocycles. The Bertz CT molecular complexity index is 700. The van der Waals surface area contributed by atoms with Gasteiger partial charge in [-0.3, -0.25) is 4.79 Å². The van der Waals surface area contributed by atoms with Crippen LogP contribution in [0.2, 0.25) is 0 Å². The summed E-state index contributed by atoms with van der Waals surface area (Å²) < 4.78 is 10.6. The van der Waals surface area contributed by atoms with Crippen LogP contribution in [0.15, 0.2) is 22.8 Å². The van der Waals surface area contributed by atoms with Crippen LogP contribution in [0.5, 0.6) is 5.75 Å². The van der Waals surface area contributed by atoms with Gasteiger partial charge in [-0.05, 0) is 36.3 Å². The molecule has 98 valence electrons. The highest BCUT2D eigenvalue weighted by Crippen LogP contribution is 2.36. The highest BCUT2D eigenvalue weighted by Gasteiger charge is 2.28. The molecule has 19 heavy (non-hydrogen) atoms. The molecule has 0 aliphatic carbocycles. The van der Waals surface area contributed by atoms with Gasteiger partial charge in [0.15, 0.2) is 0 Å². The maximum absolute atomic E-state index is 11.3. The van der Waals surface area contributed by atoms with E-state index >= 15 is 0 Å². The number of hydrogen-bond donors (Lipinski definition) is 1. The van der Waals surface area contributed by atoms with E-state index in [2.05, 4.69) is 15.6 Å². The number of rotatable bonds is 1. The summed E-state index contributed by atoms with van der Waals surface area (Å²) in [6.07, 6.45) is 1.87. The van der Waals surface area contributed by atoms with Crippen molar-refractivity contribution in [2.24, 2.45) is 0 Å². The maximum Gasteiger partial charge on any atom is 0.221 e. The Morgan fingerprint density at radius 1 is 1.26 bits per heavy atom. The van der Waals surface area contributed by atoms with Crippen LogP contribution in [0.4, 0.5) is 0 Å². The highest BCUT2D eigenvalue weighted by atomic mass is 16.6. The van der Waals surface area contributed by atoms with Gasteiger partial charge in [0, 0.05) is 18.6 Å². The van der Waals surface area contributed by atoms with Crippen molar-refractivity contribution in [3.8, 4) is 5.75 Å². The number of nitrogens with zero attached hydrogens (tertiary/aromatic N) is 2. The zero-order valence-corrected chi connectivity index (χ0v) is 10.9. The van der Waals surface area contributed by atoms with Gasteiger partial charge in [-0.1, -0.05) is 0 Å². The van der Waals surface area contributed by atoms with E-state index in [0.717, 1.165) is 5.56 Å². The van der Waals surface area contributed by atoms with Crippen molar-refractivity contribution in [2.75, 3.05) is 0 Å². The van der Waals surface area contributed by atoms with E-state index in [9.17, 15) is 4.79 Å². The summed E-state index contributed by atoms with van der Waals surface area (Å²) in [6, 6.07) is 3.55. The topological polar surface area (TPSA) is 77.2 Å². The lowest BCUT2D eigenvalue weighted by Crippen LogP contribution is -2.32. The van der Waals surface area contributed by atoms with Crippen molar-refractivity contribution < 1.29 is 14.2 Å². The van der Waals surface area contributed by atoms with Gasteiger partial charge in [0.25, 0.3) is 0 Å². The molecular formula is C13H13N3O3. The number of benzene rings is 1. The Hall–Kier alpha value is -2.37. The zero-order valence-electron chi connectivity index (χ0n) is 10.9. The van der Waals surface area contributed by atoms with E-state index in [1.807, 2.05) is 19.9 Å². The third kappa shape index (κ3) is 2.05. The Morgan fingerprint density at radius 2 is 1.95 bits per heavy atom. The van der Waals surface area contributed by atoms with E-state index in [1.54, 1.807) is 12.1 Å². The van der Waals surface area contributed by atoms with Gasteiger partial charge < -0.3 is 10.1 Å². The van der Waals surface area contributed by atoms with E-state index in [0.29, 0.717) is 22.5 Å². The minimum absolute atomic E-state index is 0.131. The number of aromatic nitrogens is 2. The molecule has 0 atom stereocenters. The number of hydrogen-bond acceptors (Lipinski definition) is 5. The number of carbonyl (C=O) groups excluding carboxylic acids is 1. The predicted octanol–water partition coefficient (Wildman–Crippen LogP) is 1.87. The Kier molecular flexibility index (Phi) is 2.35. The Labute approximate surface area is 109 Å². The number of amides is 1. The van der Waals surface area contributed by atoms with Crippen LogP contribution >= 0.6 is 0 Å². The summed E-state index contributed by atoms with van der Waals surface area (Å²) in [5, 5.41) is 10.4. The fraction of sp³-hybridized carbons (Fsp3) is 0.308. The fourth-order valence-electron chi connectivity index (χ4n) is 2.14. The lowest BCUT2D eigenvalue weighted by Gasteiger charge is -2.30. The molecular weight excluding hydrogens is 246 g/mol. The molecule has 0 spiro atoms. The third-order valence-corrected chi connectivity index (χ3v) is 2.82. The first-order valence-corrected chi connectivity index (χ1v) is 5.91. The van der Waals surface area contributed by atoms with E-state index < -0.39 is 5.60 Å². The second kappa shape index (κ2) is 3.81. The Balaban J connectivity index is 2.19. The Morgan fingerprint density at radius 3 is 2.63 bits per heavy atom. The molecule has 3 rings (SSSR count). The van der Waals surface area contributed by atoms with Crippen LogP contribution in [0, 0.1) is 0 Å². The van der Waals surface area contributed by atoms with Gasteiger partial charge >= 0.3 is 0 Å². The quantitative estimate of drug-likeness (QED) is 0.846. The lowest BCUT2D eigenvalue weighted by molar-refractivity contribution is -0.117. The summed E-state index contributed by atoms with van der Waals surface area (Å²) in [4.78, 5) is 11.3. The van der Waals surface area contributed by atoms with Crippen LogP contribution < -0.4 is 10.1 Å². The first kappa shape index (κ1) is 11.7. The molecule has 1 aliphatic rings. The van der Waals surface area contributed by atoms with Gasteiger partial charge in [-0.25, -0.2) is 4.63 Å². The van der Waals surface area contributed by atoms with Crippen LogP contribution in [0.25, 0.3) is 16.7 Å². The molecule has 1 aromatic carbocycles. The molecule has 1 amide bonds. The zero-order chi connectivity index (χ0) is 13.6. The maximum atomic E-state index is 11.3. The van der Waals surface area contributed by atoms with Crippen LogP contribution in [0.3, 0.4) is 0 Å². The lowest BCUT2D eigenvalue weighted by atomic mass is 9.98. The van der Waals surface area contributed by atoms with Crippen molar-refractivity contribution in [1.29, 1.82) is 0 Å². The average Bonchev–Trinajstić information content (AvgIpc) is 2.71. The SMILES string of the molecule is CC(=O)NC1=CC(C)(C)Oc2cc3nonc3cc21. The van der Waals surface area contributed by atoms with Crippen LogP contribution in [-0.4, -0.2) is 21.8 Å². The number of fused-ring (bicyclic) bond motifs is 2. The minimum Gasteiger partial charge on any atom is -0.483 e. The van der Waals surface area contributed by atoms with Gasteiger partial charge in [-0.2, -0.15) is 0 Å². The fourth-order valence-corrected chi connectivity index (χ4v) is 2.14. The molecule has 2 heterocycles. The van der Waals surface area contributed by atoms with E-state index in [4.69, 9.17) is 9.37 Å². The average molecular weight is 259 g/mol. The largest absolute Gasteiger partial charge is 0.483 e. The molecule has 0 bridgehead atoms. The normalized spacial score (nSPS) is 16.5. The summed E-state index contributed by atoms with van der Waals surface area (Å²) in [6.45, 7) is 5.31. The third-order valence-electron chi connectivity index (χ3n) is 2.82. The molecule has 0 radical (unpaired) electrons. The van der Waals surface area contributed by atoms with Crippen molar-refractivity contribution in [2.45, 2.75) is 26.4 Å². The molecule has 2 aromatic rings. The summed E-state index contributed by atoms with van der Waals surface area (Å²) in [5.74, 6) is 0.521. The van der Waals surface area contributed by atoms with Crippen molar-refractivity contribution in [1.82, 2.24) is 15.6 Å². The molecule has 0 fully saturated rings. The van der Waals surface area contributed by atoms with Gasteiger partial charge in [-0.15, -0.1) is 0 Å². The summed E-state index contributed by atoms with van der Waals surface area (Å²) >= 11 is 0. The summed E-state index contributed by atoms with van der Waals surface area (Å²) in [5.41, 5.74) is 2.23. The van der Waals surface area contributed by atoms with Gasteiger partial charge in [0.05, 0.1) is 5.70 Å². The van der Waals surface area contributed by atoms with Crippen molar-refractivity contribution in [3.63, 3.8) is 0 Å². The summed E-state index contributed by atoms with van der Waals surface area (Å²) in [7, 11) is 0. The standard InChI is InChI=1S/C13H13N3O3/c1-7(17)14-11-6-13(2,3)18-12-5-10-9(4-8(11)12)15-19-16-10/h4-6H,1-3H3,(H,14,17). The van der Waals surface area contributed by atoms with Crippen molar-refractivity contribution >= 4 is 22.6 Å². The minimum atomic E-state index is -0.504.